The van der Waals surface area contributed by atoms with Crippen LogP contribution in [0.15, 0.2) is 0 Å². The minimum Gasteiger partial charge on any atom is -0.480 e. The highest BCUT2D eigenvalue weighted by Gasteiger charge is 2.35. The highest BCUT2D eigenvalue weighted by molar-refractivity contribution is 5.80. The van der Waals surface area contributed by atoms with Crippen LogP contribution in [0.4, 0.5) is 18.0 Å². The van der Waals surface area contributed by atoms with Crippen molar-refractivity contribution in [2.24, 2.45) is 0 Å². The fourth-order valence-corrected chi connectivity index (χ4v) is 1.63. The normalized spacial score (nSPS) is 16.5. The molecule has 1 rings (SSSR count). The Bertz CT molecular complexity index is 316. The third-order valence-corrected chi connectivity index (χ3v) is 2.35. The molecule has 0 bridgehead atoms. The van der Waals surface area contributed by atoms with Gasteiger partial charge in [0.1, 0.15) is 13.1 Å². The van der Waals surface area contributed by atoms with Crippen LogP contribution in [0.2, 0.25) is 0 Å². The van der Waals surface area contributed by atoms with E-state index in [4.69, 9.17) is 5.11 Å². The maximum atomic E-state index is 12.3. The quantitative estimate of drug-likeness (QED) is 0.754. The number of rotatable bonds is 3. The highest BCUT2D eigenvalue weighted by atomic mass is 19.4. The number of alkyl halides is 3. The van der Waals surface area contributed by atoms with Crippen molar-refractivity contribution in [3.63, 3.8) is 0 Å². The number of hydrogen-bond acceptors (Lipinski definition) is 3. The molecule has 0 aromatic carbocycles. The van der Waals surface area contributed by atoms with E-state index in [0.29, 0.717) is 18.0 Å². The fourth-order valence-electron chi connectivity index (χ4n) is 1.63. The molecular formula is C9H14F3N3O3. The van der Waals surface area contributed by atoms with Crippen LogP contribution in [0.3, 0.4) is 0 Å². The van der Waals surface area contributed by atoms with Crippen molar-refractivity contribution in [1.29, 1.82) is 0 Å². The SMILES string of the molecule is O=C(O)CN(CC(F)(F)F)C(=O)N1CCNCC1. The van der Waals surface area contributed by atoms with Gasteiger partial charge < -0.3 is 20.2 Å². The average Bonchev–Trinajstić information content (AvgIpc) is 2.26. The predicted molar refractivity (Wildman–Crippen MR) is 55.1 cm³/mol. The molecule has 1 fully saturated rings. The number of nitrogens with one attached hydrogen (secondary N) is 1. The van der Waals surface area contributed by atoms with Gasteiger partial charge in [0.25, 0.3) is 0 Å². The first kappa shape index (κ1) is 14.6. The summed E-state index contributed by atoms with van der Waals surface area (Å²) in [6, 6.07) is -0.892. The van der Waals surface area contributed by atoms with E-state index >= 15 is 0 Å². The molecule has 0 radical (unpaired) electrons. The molecule has 0 aromatic rings. The first-order chi connectivity index (χ1) is 8.29. The van der Waals surface area contributed by atoms with Gasteiger partial charge in [-0.25, -0.2) is 4.79 Å². The van der Waals surface area contributed by atoms with Crippen LogP contribution in [0.1, 0.15) is 0 Å². The Morgan fingerprint density at radius 3 is 2.28 bits per heavy atom. The predicted octanol–water partition coefficient (Wildman–Crippen LogP) is -0.0395. The Labute approximate surface area is 101 Å². The van der Waals surface area contributed by atoms with E-state index in [2.05, 4.69) is 5.32 Å². The monoisotopic (exact) mass is 269 g/mol. The second-order valence-electron chi connectivity index (χ2n) is 3.88. The van der Waals surface area contributed by atoms with Gasteiger partial charge >= 0.3 is 18.2 Å². The van der Waals surface area contributed by atoms with Gasteiger partial charge in [-0.2, -0.15) is 13.2 Å². The molecule has 9 heteroatoms. The van der Waals surface area contributed by atoms with Crippen molar-refractivity contribution in [1.82, 2.24) is 15.1 Å². The summed E-state index contributed by atoms with van der Waals surface area (Å²) in [5.41, 5.74) is 0. The topological polar surface area (TPSA) is 72.9 Å². The molecular weight excluding hydrogens is 255 g/mol. The molecule has 2 amide bonds. The number of carbonyl (C=O) groups is 2. The lowest BCUT2D eigenvalue weighted by atomic mass is 10.3. The van der Waals surface area contributed by atoms with Gasteiger partial charge in [-0.3, -0.25) is 4.79 Å². The number of nitrogens with zero attached hydrogens (tertiary/aromatic N) is 2. The maximum absolute atomic E-state index is 12.3. The summed E-state index contributed by atoms with van der Waals surface area (Å²) in [5, 5.41) is 11.5. The summed E-state index contributed by atoms with van der Waals surface area (Å²) in [5.74, 6) is -1.47. The van der Waals surface area contributed by atoms with Gasteiger partial charge in [-0.1, -0.05) is 0 Å². The van der Waals surface area contributed by atoms with Crippen molar-refractivity contribution in [2.75, 3.05) is 39.3 Å². The number of piperazine rings is 1. The Kier molecular flexibility index (Phi) is 4.76. The summed E-state index contributed by atoms with van der Waals surface area (Å²) in [4.78, 5) is 23.8. The van der Waals surface area contributed by atoms with E-state index < -0.39 is 31.3 Å². The number of carboxylic acid groups (broad SMARTS) is 1. The lowest BCUT2D eigenvalue weighted by molar-refractivity contribution is -0.149. The zero-order valence-corrected chi connectivity index (χ0v) is 9.53. The number of hydrogen-bond donors (Lipinski definition) is 2. The van der Waals surface area contributed by atoms with Crippen molar-refractivity contribution < 1.29 is 27.9 Å². The lowest BCUT2D eigenvalue weighted by Crippen LogP contribution is -2.54. The highest BCUT2D eigenvalue weighted by Crippen LogP contribution is 2.17. The summed E-state index contributed by atoms with van der Waals surface area (Å²) >= 11 is 0. The number of urea groups is 1. The van der Waals surface area contributed by atoms with Gasteiger partial charge in [0, 0.05) is 26.2 Å². The molecule has 0 aliphatic carbocycles. The van der Waals surface area contributed by atoms with E-state index in [-0.39, 0.29) is 13.1 Å². The van der Waals surface area contributed by atoms with Gasteiger partial charge in [-0.15, -0.1) is 0 Å². The number of amides is 2. The Hall–Kier alpha value is -1.51. The Morgan fingerprint density at radius 2 is 1.83 bits per heavy atom. The van der Waals surface area contributed by atoms with Crippen LogP contribution < -0.4 is 5.32 Å². The molecule has 1 saturated heterocycles. The van der Waals surface area contributed by atoms with Crippen LogP contribution in [0.5, 0.6) is 0 Å². The summed E-state index contributed by atoms with van der Waals surface area (Å²) < 4.78 is 36.8. The standard InChI is InChI=1S/C9H14F3N3O3/c10-9(11,12)6-15(5-7(16)17)8(18)14-3-1-13-2-4-14/h13H,1-6H2,(H,16,17). The van der Waals surface area contributed by atoms with Gasteiger partial charge in [0.05, 0.1) is 0 Å². The third-order valence-electron chi connectivity index (χ3n) is 2.35. The zero-order valence-electron chi connectivity index (χ0n) is 9.53. The fraction of sp³-hybridized carbons (Fsp3) is 0.778. The average molecular weight is 269 g/mol. The van der Waals surface area contributed by atoms with Crippen molar-refractivity contribution in [3.05, 3.63) is 0 Å². The smallest absolute Gasteiger partial charge is 0.406 e. The van der Waals surface area contributed by atoms with E-state index in [9.17, 15) is 22.8 Å². The van der Waals surface area contributed by atoms with Crippen LogP contribution in [-0.4, -0.2) is 72.4 Å². The molecule has 1 aliphatic rings. The van der Waals surface area contributed by atoms with Gasteiger partial charge in [0.15, 0.2) is 0 Å². The zero-order chi connectivity index (χ0) is 13.8. The molecule has 0 saturated carbocycles. The Balaban J connectivity index is 2.68. The third kappa shape index (κ3) is 4.78. The van der Waals surface area contributed by atoms with E-state index in [1.54, 1.807) is 0 Å². The molecule has 0 unspecified atom stereocenters. The molecule has 0 aromatic heterocycles. The maximum Gasteiger partial charge on any atom is 0.406 e. The largest absolute Gasteiger partial charge is 0.480 e. The molecule has 18 heavy (non-hydrogen) atoms. The molecule has 2 N–H and O–H groups in total. The second-order valence-corrected chi connectivity index (χ2v) is 3.88. The van der Waals surface area contributed by atoms with E-state index in [0.717, 1.165) is 0 Å². The minimum atomic E-state index is -4.61. The second kappa shape index (κ2) is 5.89. The first-order valence-electron chi connectivity index (χ1n) is 5.33. The van der Waals surface area contributed by atoms with Crippen molar-refractivity contribution in [2.45, 2.75) is 6.18 Å². The van der Waals surface area contributed by atoms with Crippen molar-refractivity contribution in [3.8, 4) is 0 Å². The van der Waals surface area contributed by atoms with Gasteiger partial charge in [0.2, 0.25) is 0 Å². The van der Waals surface area contributed by atoms with Crippen LogP contribution in [0, 0.1) is 0 Å². The molecule has 1 heterocycles. The summed E-state index contributed by atoms with van der Waals surface area (Å²) in [7, 11) is 0. The first-order valence-corrected chi connectivity index (χ1v) is 5.33. The molecule has 1 aliphatic heterocycles. The van der Waals surface area contributed by atoms with Crippen LogP contribution in [-0.2, 0) is 4.79 Å². The minimum absolute atomic E-state index is 0.271. The van der Waals surface area contributed by atoms with Crippen LogP contribution >= 0.6 is 0 Å². The number of carboxylic acids is 1. The molecule has 104 valence electrons. The van der Waals surface area contributed by atoms with Crippen LogP contribution in [0.25, 0.3) is 0 Å². The van der Waals surface area contributed by atoms with E-state index in [1.807, 2.05) is 0 Å². The summed E-state index contributed by atoms with van der Waals surface area (Å²) in [6.07, 6.45) is -4.61. The van der Waals surface area contributed by atoms with Crippen molar-refractivity contribution >= 4 is 12.0 Å². The molecule has 0 atom stereocenters. The number of carbonyl (C=O) groups excluding carboxylic acids is 1. The van der Waals surface area contributed by atoms with E-state index in [1.165, 1.54) is 4.90 Å². The number of halogens is 3. The molecule has 0 spiro atoms. The lowest BCUT2D eigenvalue weighted by Gasteiger charge is -2.32. The Morgan fingerprint density at radius 1 is 1.28 bits per heavy atom. The van der Waals surface area contributed by atoms with Gasteiger partial charge in [-0.05, 0) is 0 Å². The summed E-state index contributed by atoms with van der Waals surface area (Å²) in [6.45, 7) is -0.999. The molecule has 6 nitrogen and oxygen atoms in total. The number of aliphatic carboxylic acids is 1.